The maximum absolute atomic E-state index is 12.4. The Morgan fingerprint density at radius 1 is 1.11 bits per heavy atom. The smallest absolute Gasteiger partial charge is 0.311 e. The van der Waals surface area contributed by atoms with E-state index < -0.39 is 11.9 Å². The van der Waals surface area contributed by atoms with Crippen molar-refractivity contribution in [2.75, 3.05) is 25.2 Å². The third-order valence-electron chi connectivity index (χ3n) is 4.86. The molecular weight excluding hydrogens is 358 g/mol. The summed E-state index contributed by atoms with van der Waals surface area (Å²) in [6, 6.07) is 14.4. The summed E-state index contributed by atoms with van der Waals surface area (Å²) in [5, 5.41) is 0. The number of ether oxygens (including phenoxy) is 2. The Hall–Kier alpha value is -3.15. The highest BCUT2D eigenvalue weighted by atomic mass is 16.5. The highest BCUT2D eigenvalue weighted by molar-refractivity contribution is 6.01. The maximum Gasteiger partial charge on any atom is 0.311 e. The van der Waals surface area contributed by atoms with E-state index in [0.29, 0.717) is 17.0 Å². The van der Waals surface area contributed by atoms with Crippen molar-refractivity contribution in [3.63, 3.8) is 0 Å². The summed E-state index contributed by atoms with van der Waals surface area (Å²) in [4.78, 5) is 38.5. The Kier molecular flexibility index (Phi) is 6.09. The summed E-state index contributed by atoms with van der Waals surface area (Å²) in [5.74, 6) is -1.01. The molecule has 0 N–H and O–H groups in total. The van der Waals surface area contributed by atoms with Crippen LogP contribution in [0.2, 0.25) is 0 Å². The van der Waals surface area contributed by atoms with Crippen molar-refractivity contribution >= 4 is 23.3 Å². The second-order valence-electron chi connectivity index (χ2n) is 6.66. The first kappa shape index (κ1) is 19.6. The van der Waals surface area contributed by atoms with Gasteiger partial charge in [0, 0.05) is 18.5 Å². The predicted octanol–water partition coefficient (Wildman–Crippen LogP) is 3.04. The van der Waals surface area contributed by atoms with Gasteiger partial charge in [0.2, 0.25) is 5.91 Å². The lowest BCUT2D eigenvalue weighted by molar-refractivity contribution is -0.147. The molecule has 146 valence electrons. The predicted molar refractivity (Wildman–Crippen MR) is 105 cm³/mol. The van der Waals surface area contributed by atoms with Gasteiger partial charge in [0.25, 0.3) is 0 Å². The molecule has 1 atom stereocenters. The number of hydrogen-bond donors (Lipinski definition) is 0. The van der Waals surface area contributed by atoms with Crippen molar-refractivity contribution in [2.45, 2.75) is 19.8 Å². The molecule has 1 saturated heterocycles. The Morgan fingerprint density at radius 3 is 2.50 bits per heavy atom. The maximum atomic E-state index is 12.4. The molecule has 1 amide bonds. The summed E-state index contributed by atoms with van der Waals surface area (Å²) in [6.45, 7) is 1.91. The van der Waals surface area contributed by atoms with Gasteiger partial charge in [-0.15, -0.1) is 0 Å². The quantitative estimate of drug-likeness (QED) is 0.544. The van der Waals surface area contributed by atoms with Crippen molar-refractivity contribution in [3.05, 3.63) is 59.7 Å². The number of carbonyl (C=O) groups excluding carboxylic acids is 3. The van der Waals surface area contributed by atoms with Gasteiger partial charge in [0.05, 0.1) is 18.7 Å². The highest BCUT2D eigenvalue weighted by Gasteiger charge is 2.37. The molecular formula is C22H23NO5. The molecule has 0 spiro atoms. The fraction of sp³-hybridized carbons (Fsp3) is 0.318. The molecule has 0 bridgehead atoms. The van der Waals surface area contributed by atoms with Crippen LogP contribution < -0.4 is 9.64 Å². The van der Waals surface area contributed by atoms with E-state index in [9.17, 15) is 14.4 Å². The topological polar surface area (TPSA) is 72.9 Å². The zero-order valence-corrected chi connectivity index (χ0v) is 16.0. The number of methoxy groups -OCH3 is 1. The van der Waals surface area contributed by atoms with Gasteiger partial charge in [-0.3, -0.25) is 14.4 Å². The highest BCUT2D eigenvalue weighted by Crippen LogP contribution is 2.33. The van der Waals surface area contributed by atoms with E-state index in [0.717, 1.165) is 12.0 Å². The van der Waals surface area contributed by atoms with Crippen LogP contribution in [0.3, 0.4) is 0 Å². The van der Waals surface area contributed by atoms with Crippen LogP contribution in [0.25, 0.3) is 0 Å². The Bertz CT molecular complexity index is 875. The molecule has 2 aromatic carbocycles. The lowest BCUT2D eigenvalue weighted by Crippen LogP contribution is -2.27. The van der Waals surface area contributed by atoms with Gasteiger partial charge in [-0.05, 0) is 24.1 Å². The normalized spacial score (nSPS) is 16.1. The Labute approximate surface area is 164 Å². The van der Waals surface area contributed by atoms with E-state index in [-0.39, 0.29) is 31.3 Å². The standard InChI is InChI=1S/C22H23NO5/c1-3-15-8-10-16(11-9-15)19(24)14-28-22(26)17-12-21(25)23(13-17)18-6-4-5-7-20(18)27-2/h4-11,17H,3,12-14H2,1-2H3/t17-/m1/s1. The number of amides is 1. The number of rotatable bonds is 7. The van der Waals surface area contributed by atoms with Crippen LogP contribution >= 0.6 is 0 Å². The van der Waals surface area contributed by atoms with Gasteiger partial charge in [0.1, 0.15) is 5.75 Å². The molecule has 3 rings (SSSR count). The van der Waals surface area contributed by atoms with Crippen LogP contribution in [0.1, 0.15) is 29.3 Å². The van der Waals surface area contributed by atoms with Crippen molar-refractivity contribution in [1.82, 2.24) is 0 Å². The zero-order valence-electron chi connectivity index (χ0n) is 16.0. The van der Waals surface area contributed by atoms with Crippen LogP contribution in [0.15, 0.2) is 48.5 Å². The van der Waals surface area contributed by atoms with Crippen LogP contribution in [0, 0.1) is 5.92 Å². The van der Waals surface area contributed by atoms with Crippen molar-refractivity contribution in [3.8, 4) is 5.75 Å². The van der Waals surface area contributed by atoms with Crippen LogP contribution in [0.5, 0.6) is 5.75 Å². The summed E-state index contributed by atoms with van der Waals surface area (Å²) in [5.41, 5.74) is 2.26. The Balaban J connectivity index is 1.59. The van der Waals surface area contributed by atoms with Gasteiger partial charge in [-0.1, -0.05) is 43.3 Å². The number of esters is 1. The molecule has 1 aliphatic heterocycles. The third kappa shape index (κ3) is 4.22. The third-order valence-corrected chi connectivity index (χ3v) is 4.86. The SMILES string of the molecule is CCc1ccc(C(=O)COC(=O)[C@@H]2CC(=O)N(c3ccccc3OC)C2)cc1. The minimum atomic E-state index is -0.604. The van der Waals surface area contributed by atoms with Crippen molar-refractivity contribution in [2.24, 2.45) is 5.92 Å². The molecule has 0 radical (unpaired) electrons. The van der Waals surface area contributed by atoms with E-state index in [1.165, 1.54) is 12.0 Å². The fourth-order valence-electron chi connectivity index (χ4n) is 3.22. The molecule has 1 fully saturated rings. The number of ketones is 1. The first-order chi connectivity index (χ1) is 13.5. The average molecular weight is 381 g/mol. The lowest BCUT2D eigenvalue weighted by atomic mass is 10.1. The van der Waals surface area contributed by atoms with E-state index in [4.69, 9.17) is 9.47 Å². The Morgan fingerprint density at radius 2 is 1.82 bits per heavy atom. The largest absolute Gasteiger partial charge is 0.495 e. The fourth-order valence-corrected chi connectivity index (χ4v) is 3.22. The number of hydrogen-bond acceptors (Lipinski definition) is 5. The molecule has 6 heteroatoms. The van der Waals surface area contributed by atoms with Gasteiger partial charge in [-0.2, -0.15) is 0 Å². The number of para-hydroxylation sites is 2. The van der Waals surface area contributed by atoms with Crippen LogP contribution in [-0.4, -0.2) is 37.9 Å². The van der Waals surface area contributed by atoms with E-state index in [2.05, 4.69) is 0 Å². The molecule has 2 aromatic rings. The number of Topliss-reactive ketones (excluding diaryl/α,β-unsaturated/α-hetero) is 1. The summed E-state index contributed by atoms with van der Waals surface area (Å²) in [7, 11) is 1.53. The zero-order chi connectivity index (χ0) is 20.1. The number of benzene rings is 2. The number of carbonyl (C=O) groups is 3. The average Bonchev–Trinajstić information content (AvgIpc) is 3.13. The molecule has 28 heavy (non-hydrogen) atoms. The summed E-state index contributed by atoms with van der Waals surface area (Å²) >= 11 is 0. The number of anilines is 1. The molecule has 0 aliphatic carbocycles. The van der Waals surface area contributed by atoms with Crippen molar-refractivity contribution in [1.29, 1.82) is 0 Å². The minimum Gasteiger partial charge on any atom is -0.495 e. The van der Waals surface area contributed by atoms with E-state index >= 15 is 0 Å². The molecule has 0 aromatic heterocycles. The van der Waals surface area contributed by atoms with Gasteiger partial charge < -0.3 is 14.4 Å². The van der Waals surface area contributed by atoms with Crippen molar-refractivity contribution < 1.29 is 23.9 Å². The second kappa shape index (κ2) is 8.69. The van der Waals surface area contributed by atoms with E-state index in [1.54, 1.807) is 30.3 Å². The molecule has 6 nitrogen and oxygen atoms in total. The molecule has 1 aliphatic rings. The molecule has 0 saturated carbocycles. The summed E-state index contributed by atoms with van der Waals surface area (Å²) < 4.78 is 10.5. The lowest BCUT2D eigenvalue weighted by Gasteiger charge is -2.19. The monoisotopic (exact) mass is 381 g/mol. The minimum absolute atomic E-state index is 0.0519. The number of nitrogens with zero attached hydrogens (tertiary/aromatic N) is 1. The van der Waals surface area contributed by atoms with Gasteiger partial charge in [0.15, 0.2) is 12.4 Å². The van der Waals surface area contributed by atoms with Gasteiger partial charge in [-0.25, -0.2) is 0 Å². The number of aryl methyl sites for hydroxylation is 1. The summed E-state index contributed by atoms with van der Waals surface area (Å²) in [6.07, 6.45) is 0.943. The van der Waals surface area contributed by atoms with Crippen LogP contribution in [-0.2, 0) is 20.7 Å². The van der Waals surface area contributed by atoms with E-state index in [1.807, 2.05) is 25.1 Å². The first-order valence-electron chi connectivity index (χ1n) is 9.25. The molecule has 1 heterocycles. The molecule has 0 unspecified atom stereocenters. The van der Waals surface area contributed by atoms with Crippen LogP contribution in [0.4, 0.5) is 5.69 Å². The van der Waals surface area contributed by atoms with Gasteiger partial charge >= 0.3 is 5.97 Å². The second-order valence-corrected chi connectivity index (χ2v) is 6.66. The first-order valence-corrected chi connectivity index (χ1v) is 9.25.